The minimum Gasteiger partial charge on any atom is -0.472 e. The lowest BCUT2D eigenvalue weighted by Crippen LogP contribution is -2.22. The largest absolute Gasteiger partial charge is 0.472 e. The number of hydrogen-bond donors (Lipinski definition) is 1. The summed E-state index contributed by atoms with van der Waals surface area (Å²) >= 11 is 6.25. The molecular formula is C9H7ClN2O5S2. The van der Waals surface area contributed by atoms with Crippen LogP contribution in [-0.2, 0) is 16.6 Å². The summed E-state index contributed by atoms with van der Waals surface area (Å²) in [6, 6.07) is 2.54. The maximum atomic E-state index is 11.9. The minimum absolute atomic E-state index is 0.0299. The van der Waals surface area contributed by atoms with Gasteiger partial charge >= 0.3 is 0 Å². The van der Waals surface area contributed by atoms with Crippen LogP contribution in [-0.4, -0.2) is 13.3 Å². The zero-order chi connectivity index (χ0) is 14.0. The van der Waals surface area contributed by atoms with Gasteiger partial charge in [-0.15, -0.1) is 11.3 Å². The zero-order valence-corrected chi connectivity index (χ0v) is 11.6. The number of nitro groups is 1. The predicted molar refractivity (Wildman–Crippen MR) is 68.7 cm³/mol. The molecule has 10 heteroatoms. The molecule has 19 heavy (non-hydrogen) atoms. The molecule has 2 rings (SSSR count). The van der Waals surface area contributed by atoms with Gasteiger partial charge in [0.1, 0.15) is 4.21 Å². The molecule has 0 fully saturated rings. The highest BCUT2D eigenvalue weighted by atomic mass is 35.5. The second-order valence-corrected chi connectivity index (χ2v) is 7.09. The lowest BCUT2D eigenvalue weighted by molar-refractivity contribution is -0.384. The van der Waals surface area contributed by atoms with Gasteiger partial charge in [-0.25, -0.2) is 13.1 Å². The van der Waals surface area contributed by atoms with Crippen molar-refractivity contribution in [2.45, 2.75) is 10.8 Å². The molecule has 2 heterocycles. The van der Waals surface area contributed by atoms with E-state index in [2.05, 4.69) is 4.72 Å². The highest BCUT2D eigenvalue weighted by Gasteiger charge is 2.25. The number of thiophene rings is 1. The van der Waals surface area contributed by atoms with Gasteiger partial charge in [-0.2, -0.15) is 0 Å². The summed E-state index contributed by atoms with van der Waals surface area (Å²) in [6.07, 6.45) is 2.81. The molecule has 0 aliphatic rings. The van der Waals surface area contributed by atoms with E-state index in [9.17, 15) is 18.5 Å². The molecule has 0 bridgehead atoms. The number of rotatable bonds is 5. The fraction of sp³-hybridized carbons (Fsp3) is 0.111. The first kappa shape index (κ1) is 14.0. The third kappa shape index (κ3) is 3.13. The third-order valence-corrected chi connectivity index (χ3v) is 5.37. The summed E-state index contributed by atoms with van der Waals surface area (Å²) in [5.41, 5.74) is 0.219. The van der Waals surface area contributed by atoms with Gasteiger partial charge in [0.25, 0.3) is 15.7 Å². The Morgan fingerprint density at radius 2 is 2.26 bits per heavy atom. The number of sulfonamides is 1. The molecule has 7 nitrogen and oxygen atoms in total. The van der Waals surface area contributed by atoms with Crippen LogP contribution in [0.5, 0.6) is 0 Å². The summed E-state index contributed by atoms with van der Waals surface area (Å²) < 4.78 is 30.5. The van der Waals surface area contributed by atoms with Crippen molar-refractivity contribution < 1.29 is 17.8 Å². The fourth-order valence-electron chi connectivity index (χ4n) is 1.24. The minimum atomic E-state index is -3.83. The molecule has 0 unspecified atom stereocenters. The maximum Gasteiger partial charge on any atom is 0.300 e. The standard InChI is InChI=1S/C9H7ClN2O5S2/c10-9-7(12(13)14)3-8(18-9)19(15,16)11-4-6-1-2-17-5-6/h1-3,5,11H,4H2. The Balaban J connectivity index is 2.20. The zero-order valence-electron chi connectivity index (χ0n) is 9.20. The van der Waals surface area contributed by atoms with Gasteiger partial charge in [-0.1, -0.05) is 11.6 Å². The van der Waals surface area contributed by atoms with Gasteiger partial charge in [-0.05, 0) is 6.07 Å². The van der Waals surface area contributed by atoms with Crippen LogP contribution < -0.4 is 4.72 Å². The van der Waals surface area contributed by atoms with Crippen molar-refractivity contribution in [1.82, 2.24) is 4.72 Å². The van der Waals surface area contributed by atoms with Crippen LogP contribution in [0.25, 0.3) is 0 Å². The van der Waals surface area contributed by atoms with E-state index in [1.807, 2.05) is 0 Å². The monoisotopic (exact) mass is 322 g/mol. The van der Waals surface area contributed by atoms with E-state index >= 15 is 0 Å². The van der Waals surface area contributed by atoms with Crippen LogP contribution in [0.1, 0.15) is 5.56 Å². The molecule has 0 spiro atoms. The van der Waals surface area contributed by atoms with Crippen molar-refractivity contribution in [2.24, 2.45) is 0 Å². The van der Waals surface area contributed by atoms with Crippen LogP contribution in [0.3, 0.4) is 0 Å². The van der Waals surface area contributed by atoms with Crippen LogP contribution >= 0.6 is 22.9 Å². The lowest BCUT2D eigenvalue weighted by Gasteiger charge is -2.01. The Hall–Kier alpha value is -1.42. The number of halogens is 1. The van der Waals surface area contributed by atoms with E-state index in [-0.39, 0.29) is 15.1 Å². The predicted octanol–water partition coefficient (Wildman–Crippen LogP) is 2.38. The maximum absolute atomic E-state index is 11.9. The van der Waals surface area contributed by atoms with Crippen molar-refractivity contribution in [2.75, 3.05) is 0 Å². The van der Waals surface area contributed by atoms with Gasteiger partial charge in [0, 0.05) is 18.2 Å². The van der Waals surface area contributed by atoms with E-state index in [0.29, 0.717) is 16.9 Å². The van der Waals surface area contributed by atoms with Gasteiger partial charge in [0.05, 0.1) is 17.4 Å². The van der Waals surface area contributed by atoms with Crippen molar-refractivity contribution in [3.05, 3.63) is 44.7 Å². The highest BCUT2D eigenvalue weighted by molar-refractivity contribution is 7.91. The van der Waals surface area contributed by atoms with Crippen LogP contribution in [0.4, 0.5) is 5.69 Å². The summed E-state index contributed by atoms with van der Waals surface area (Å²) in [6.45, 7) is 0.0299. The summed E-state index contributed by atoms with van der Waals surface area (Å²) in [4.78, 5) is 9.88. The van der Waals surface area contributed by atoms with E-state index in [1.54, 1.807) is 6.07 Å². The van der Waals surface area contributed by atoms with E-state index < -0.39 is 20.6 Å². The molecule has 0 amide bonds. The number of hydrogen-bond acceptors (Lipinski definition) is 6. The van der Waals surface area contributed by atoms with E-state index in [4.69, 9.17) is 16.0 Å². The van der Waals surface area contributed by atoms with Gasteiger partial charge in [0.2, 0.25) is 0 Å². The summed E-state index contributed by atoms with van der Waals surface area (Å²) in [7, 11) is -3.83. The van der Waals surface area contributed by atoms with Crippen molar-refractivity contribution >= 4 is 38.6 Å². The fourth-order valence-corrected chi connectivity index (χ4v) is 3.96. The van der Waals surface area contributed by atoms with E-state index in [0.717, 1.165) is 6.07 Å². The van der Waals surface area contributed by atoms with Crippen molar-refractivity contribution in [3.63, 3.8) is 0 Å². The van der Waals surface area contributed by atoms with Crippen molar-refractivity contribution in [3.8, 4) is 0 Å². The Bertz CT molecular complexity index is 692. The Kier molecular flexibility index (Phi) is 3.90. The first-order chi connectivity index (χ1) is 8.90. The number of nitrogens with zero attached hydrogens (tertiary/aromatic N) is 1. The lowest BCUT2D eigenvalue weighted by atomic mass is 10.4. The molecule has 2 aromatic rings. The number of nitrogens with one attached hydrogen (secondary N) is 1. The molecule has 2 aromatic heterocycles. The number of furan rings is 1. The molecule has 0 aliphatic heterocycles. The molecule has 0 radical (unpaired) electrons. The second kappa shape index (κ2) is 5.29. The Morgan fingerprint density at radius 1 is 1.53 bits per heavy atom. The quantitative estimate of drug-likeness (QED) is 0.672. The Morgan fingerprint density at radius 3 is 2.79 bits per heavy atom. The van der Waals surface area contributed by atoms with Crippen LogP contribution in [0.2, 0.25) is 4.34 Å². The first-order valence-electron chi connectivity index (χ1n) is 4.84. The third-order valence-electron chi connectivity index (χ3n) is 2.15. The van der Waals surface area contributed by atoms with Gasteiger partial charge in [-0.3, -0.25) is 10.1 Å². The highest BCUT2D eigenvalue weighted by Crippen LogP contribution is 2.36. The van der Waals surface area contributed by atoms with Crippen molar-refractivity contribution in [1.29, 1.82) is 0 Å². The molecule has 0 aliphatic carbocycles. The van der Waals surface area contributed by atoms with Gasteiger partial charge < -0.3 is 4.42 Å². The summed E-state index contributed by atoms with van der Waals surface area (Å²) in [5, 5.41) is 10.6. The molecular weight excluding hydrogens is 316 g/mol. The molecule has 0 atom stereocenters. The topological polar surface area (TPSA) is 102 Å². The van der Waals surface area contributed by atoms with Crippen LogP contribution in [0.15, 0.2) is 33.3 Å². The first-order valence-corrected chi connectivity index (χ1v) is 7.52. The average molecular weight is 323 g/mol. The Labute approximate surface area is 117 Å². The second-order valence-electron chi connectivity index (χ2n) is 3.44. The molecule has 0 saturated heterocycles. The average Bonchev–Trinajstić information content (AvgIpc) is 2.95. The molecule has 0 saturated carbocycles. The van der Waals surface area contributed by atoms with Crippen LogP contribution in [0, 0.1) is 10.1 Å². The van der Waals surface area contributed by atoms with Gasteiger partial charge in [0.15, 0.2) is 4.34 Å². The SMILES string of the molecule is O=[N+]([O-])c1cc(S(=O)(=O)NCc2ccoc2)sc1Cl. The smallest absolute Gasteiger partial charge is 0.300 e. The molecule has 1 N–H and O–H groups in total. The normalized spacial score (nSPS) is 11.6. The summed E-state index contributed by atoms with van der Waals surface area (Å²) in [5.74, 6) is 0. The van der Waals surface area contributed by atoms with E-state index in [1.165, 1.54) is 12.5 Å². The molecule has 102 valence electrons. The molecule has 0 aromatic carbocycles.